The van der Waals surface area contributed by atoms with Crippen molar-refractivity contribution in [3.8, 4) is 28.4 Å². The van der Waals surface area contributed by atoms with Crippen LogP contribution in [0.4, 0.5) is 15.0 Å². The fourth-order valence-electron chi connectivity index (χ4n) is 6.07. The number of nitrogens with one attached hydrogen (secondary N) is 1. The molecule has 2 aromatic heterocycles. The number of amides is 1. The number of hydrogen-bond donors (Lipinski definition) is 2. The first-order valence-electron chi connectivity index (χ1n) is 17.0. The minimum absolute atomic E-state index is 0.0788. The summed E-state index contributed by atoms with van der Waals surface area (Å²) in [5.74, 6) is 2.19. The molecule has 1 saturated carbocycles. The molecule has 1 saturated heterocycles. The molecule has 14 heteroatoms. The lowest BCUT2D eigenvalue weighted by Crippen LogP contribution is -2.52. The van der Waals surface area contributed by atoms with E-state index in [9.17, 15) is 9.90 Å². The number of piperidine rings is 1. The van der Waals surface area contributed by atoms with Crippen LogP contribution >= 0.6 is 11.6 Å². The molecule has 0 unspecified atom stereocenters. The first-order chi connectivity index (χ1) is 23.0. The Hall–Kier alpha value is -3.26. The van der Waals surface area contributed by atoms with Crippen molar-refractivity contribution in [1.82, 2.24) is 25.3 Å². The van der Waals surface area contributed by atoms with Gasteiger partial charge in [-0.2, -0.15) is 0 Å². The summed E-state index contributed by atoms with van der Waals surface area (Å²) < 4.78 is 34.0. The number of alkyl halides is 1. The number of carboxylic acid groups (broad SMARTS) is 1. The summed E-state index contributed by atoms with van der Waals surface area (Å²) in [5, 5.41) is 17.3. The zero-order chi connectivity index (χ0) is 35.8. The van der Waals surface area contributed by atoms with Gasteiger partial charge in [-0.05, 0) is 82.9 Å². The Morgan fingerprint density at radius 3 is 2.51 bits per heavy atom. The Morgan fingerprint density at radius 2 is 1.92 bits per heavy atom. The van der Waals surface area contributed by atoms with Crippen molar-refractivity contribution in [3.63, 3.8) is 0 Å². The first kappa shape index (κ1) is 37.0. The van der Waals surface area contributed by atoms with E-state index in [-0.39, 0.29) is 30.3 Å². The third-order valence-corrected chi connectivity index (χ3v) is 14.9. The summed E-state index contributed by atoms with van der Waals surface area (Å²) in [5.41, 5.74) is 3.51. The van der Waals surface area contributed by atoms with Crippen molar-refractivity contribution in [1.29, 1.82) is 0 Å². The van der Waals surface area contributed by atoms with Crippen LogP contribution in [-0.4, -0.2) is 97.2 Å². The van der Waals surface area contributed by atoms with Crippen LogP contribution in [0.2, 0.25) is 23.2 Å². The van der Waals surface area contributed by atoms with Crippen LogP contribution in [0, 0.1) is 20.8 Å². The van der Waals surface area contributed by atoms with Gasteiger partial charge >= 0.3 is 6.09 Å². The second kappa shape index (κ2) is 14.5. The van der Waals surface area contributed by atoms with Crippen molar-refractivity contribution in [2.24, 2.45) is 0 Å². The molecule has 3 aromatic rings. The van der Waals surface area contributed by atoms with Gasteiger partial charge in [0.1, 0.15) is 30.1 Å². The van der Waals surface area contributed by atoms with Crippen LogP contribution < -0.4 is 15.0 Å². The summed E-state index contributed by atoms with van der Waals surface area (Å²) in [6.45, 7) is 17.7. The van der Waals surface area contributed by atoms with Crippen LogP contribution in [0.15, 0.2) is 22.7 Å². The number of ether oxygens (including phenoxy) is 1. The van der Waals surface area contributed by atoms with Gasteiger partial charge < -0.3 is 33.9 Å². The van der Waals surface area contributed by atoms with E-state index in [1.165, 1.54) is 11.9 Å². The zero-order valence-corrected chi connectivity index (χ0v) is 31.8. The van der Waals surface area contributed by atoms with Gasteiger partial charge in [0.05, 0.1) is 40.7 Å². The molecule has 3 atom stereocenters. The highest BCUT2D eigenvalue weighted by molar-refractivity contribution is 6.74. The molecule has 5 rings (SSSR count). The van der Waals surface area contributed by atoms with Gasteiger partial charge in [-0.3, -0.25) is 0 Å². The zero-order valence-electron chi connectivity index (χ0n) is 30.1. The largest absolute Gasteiger partial charge is 0.491 e. The number of rotatable bonds is 12. The van der Waals surface area contributed by atoms with Crippen molar-refractivity contribution in [3.05, 3.63) is 40.2 Å². The molecule has 2 N–H and O–H groups in total. The molecule has 49 heavy (non-hydrogen) atoms. The maximum Gasteiger partial charge on any atom is 0.407 e. The van der Waals surface area contributed by atoms with Crippen molar-refractivity contribution in [2.45, 2.75) is 103 Å². The smallest absolute Gasteiger partial charge is 0.407 e. The minimum Gasteiger partial charge on any atom is -0.491 e. The fourth-order valence-corrected chi connectivity index (χ4v) is 7.60. The summed E-state index contributed by atoms with van der Waals surface area (Å²) in [4.78, 5) is 25.3. The summed E-state index contributed by atoms with van der Waals surface area (Å²) in [6, 6.07) is 5.16. The average Bonchev–Trinajstić information content (AvgIpc) is 3.81. The van der Waals surface area contributed by atoms with E-state index in [1.54, 1.807) is 18.2 Å². The van der Waals surface area contributed by atoms with Crippen molar-refractivity contribution in [2.75, 3.05) is 38.2 Å². The van der Waals surface area contributed by atoms with Crippen LogP contribution in [0.25, 0.3) is 22.6 Å². The van der Waals surface area contributed by atoms with E-state index in [4.69, 9.17) is 35.3 Å². The highest BCUT2D eigenvalue weighted by Gasteiger charge is 2.42. The van der Waals surface area contributed by atoms with Gasteiger partial charge in [-0.1, -0.05) is 37.5 Å². The quantitative estimate of drug-likeness (QED) is 0.183. The number of carbonyl (C=O) groups is 1. The molecule has 1 amide bonds. The molecule has 0 radical (unpaired) electrons. The lowest BCUT2D eigenvalue weighted by atomic mass is 10.00. The van der Waals surface area contributed by atoms with Gasteiger partial charge in [0.15, 0.2) is 14.1 Å². The molecule has 3 heterocycles. The van der Waals surface area contributed by atoms with E-state index in [1.807, 2.05) is 20.8 Å². The van der Waals surface area contributed by atoms with Gasteiger partial charge in [0, 0.05) is 30.8 Å². The van der Waals surface area contributed by atoms with Crippen LogP contribution in [0.5, 0.6) is 5.75 Å². The number of aromatic nitrogens is 3. The van der Waals surface area contributed by atoms with Crippen LogP contribution in [0.1, 0.15) is 57.1 Å². The summed E-state index contributed by atoms with van der Waals surface area (Å²) in [7, 11) is -0.736. The predicted octanol–water partition coefficient (Wildman–Crippen LogP) is 7.43. The lowest BCUT2D eigenvalue weighted by molar-refractivity contribution is 0.0794. The topological polar surface area (TPSA) is 126 Å². The van der Waals surface area contributed by atoms with E-state index in [0.29, 0.717) is 58.1 Å². The number of halogens is 2. The van der Waals surface area contributed by atoms with Crippen LogP contribution in [-0.2, 0) is 4.43 Å². The van der Waals surface area contributed by atoms with Crippen molar-refractivity contribution >= 4 is 31.8 Å². The Balaban J connectivity index is 1.55. The number of anilines is 1. The summed E-state index contributed by atoms with van der Waals surface area (Å²) >= 11 is 6.85. The third-order valence-electron chi connectivity index (χ3n) is 9.99. The molecule has 1 aliphatic carbocycles. The Bertz CT molecular complexity index is 1640. The van der Waals surface area contributed by atoms with Gasteiger partial charge in [0.25, 0.3) is 0 Å². The minimum atomic E-state index is -2.26. The maximum absolute atomic E-state index is 15.5. The number of aryl methyl sites for hydroxylation is 2. The van der Waals surface area contributed by atoms with Crippen LogP contribution in [0.3, 0.4) is 0 Å². The second-order valence-electron chi connectivity index (χ2n) is 14.9. The maximum atomic E-state index is 15.5. The highest BCUT2D eigenvalue weighted by Crippen LogP contribution is 2.42. The molecule has 1 aliphatic heterocycles. The molecular formula is C35H50ClFN6O5Si. The highest BCUT2D eigenvalue weighted by atomic mass is 35.5. The van der Waals surface area contributed by atoms with Gasteiger partial charge in [-0.25, -0.2) is 19.2 Å². The van der Waals surface area contributed by atoms with Gasteiger partial charge in [0.2, 0.25) is 0 Å². The molecule has 1 aromatic carbocycles. The molecule has 0 spiro atoms. The van der Waals surface area contributed by atoms with Gasteiger partial charge in [-0.15, -0.1) is 0 Å². The molecule has 2 fully saturated rings. The third kappa shape index (κ3) is 8.21. The molecule has 11 nitrogen and oxygen atoms in total. The average molecular weight is 717 g/mol. The predicted molar refractivity (Wildman–Crippen MR) is 192 cm³/mol. The number of nitrogens with zero attached hydrogens (tertiary/aromatic N) is 5. The molecular weight excluding hydrogens is 667 g/mol. The Morgan fingerprint density at radius 1 is 1.20 bits per heavy atom. The Kier molecular flexibility index (Phi) is 11.0. The van der Waals surface area contributed by atoms with E-state index >= 15 is 4.39 Å². The van der Waals surface area contributed by atoms with E-state index in [2.05, 4.69) is 49.2 Å². The monoisotopic (exact) mass is 716 g/mol. The van der Waals surface area contributed by atoms with Crippen molar-refractivity contribution < 1.29 is 28.0 Å². The first-order valence-corrected chi connectivity index (χ1v) is 20.3. The SMILES string of the molecule is Cc1noc(C)c1-c1nc(-c2cc(OC[C@@H](CN(C)C(=O)O)O[Si](C)(C)C(C)(C)C)ccc2Cl)nc(N(C2CC2)[C@@H]2CCNC[C@@H]2F)c1C. The number of benzene rings is 1. The van der Waals surface area contributed by atoms with E-state index < -0.39 is 26.7 Å². The fraction of sp³-hybridized carbons (Fsp3) is 0.600. The molecule has 268 valence electrons. The number of hydrogen-bond acceptors (Lipinski definition) is 9. The summed E-state index contributed by atoms with van der Waals surface area (Å²) in [6.07, 6.45) is 0.0147. The molecule has 2 aliphatic rings. The molecule has 0 bridgehead atoms. The number of likely N-dealkylation sites (N-methyl/N-ethyl adjacent to an activating group) is 1. The Labute approximate surface area is 294 Å². The standard InChI is InChI=1S/C35H50ClFN6O5Si/c1-20-31(30-21(2)41-47-22(30)3)39-32(40-33(20)43(23-10-11-23)29-14-15-38-17-28(29)37)26-16-24(12-13-27(26)36)46-19-25(18-42(7)34(44)45)48-49(8,9)35(4,5)6/h12-13,16,23,25,28-29,38H,10-11,14-15,17-19H2,1-9H3,(H,44,45)/t25-,28+,29-/m1/s1. The van der Waals surface area contributed by atoms with E-state index in [0.717, 1.165) is 30.5 Å². The normalized spacial score (nSPS) is 19.1. The lowest BCUT2D eigenvalue weighted by Gasteiger charge is -2.39. The second-order valence-corrected chi connectivity index (χ2v) is 20.0.